The second kappa shape index (κ2) is 7.21. The van der Waals surface area contributed by atoms with Crippen molar-refractivity contribution in [2.45, 2.75) is 34.2 Å². The van der Waals surface area contributed by atoms with Crippen LogP contribution in [0.1, 0.15) is 34.2 Å². The number of carbonyl (C=O) groups is 2. The Labute approximate surface area is 141 Å². The maximum Gasteiger partial charge on any atom is 0.339 e. The van der Waals surface area contributed by atoms with E-state index in [1.165, 1.54) is 0 Å². The minimum atomic E-state index is -0.395. The summed E-state index contributed by atoms with van der Waals surface area (Å²) in [5, 5.41) is 12.5. The lowest BCUT2D eigenvalue weighted by Crippen LogP contribution is -2.20. The molecule has 0 fully saturated rings. The maximum absolute atomic E-state index is 12.3. The Hall–Kier alpha value is -2.76. The molecule has 0 bridgehead atoms. The number of aryl methyl sites for hydroxylation is 2. The van der Waals surface area contributed by atoms with E-state index >= 15 is 0 Å². The molecule has 0 spiro atoms. The normalized spacial score (nSPS) is 10.5. The van der Waals surface area contributed by atoms with Gasteiger partial charge in [-0.3, -0.25) is 4.79 Å². The molecule has 0 saturated carbocycles. The van der Waals surface area contributed by atoms with Gasteiger partial charge in [0.15, 0.2) is 0 Å². The van der Waals surface area contributed by atoms with Crippen molar-refractivity contribution in [1.82, 2.24) is 4.57 Å². The van der Waals surface area contributed by atoms with Crippen molar-refractivity contribution in [3.63, 3.8) is 0 Å². The number of aromatic nitrogens is 1. The van der Waals surface area contributed by atoms with Crippen LogP contribution in [0, 0.1) is 20.8 Å². The van der Waals surface area contributed by atoms with Crippen LogP contribution >= 0.6 is 0 Å². The Morgan fingerprint density at radius 3 is 2.54 bits per heavy atom. The van der Waals surface area contributed by atoms with Crippen LogP contribution in [-0.4, -0.2) is 28.2 Å². The van der Waals surface area contributed by atoms with Crippen LogP contribution in [0.15, 0.2) is 24.3 Å². The monoisotopic (exact) mass is 330 g/mol. The highest BCUT2D eigenvalue weighted by Crippen LogP contribution is 2.24. The van der Waals surface area contributed by atoms with Crippen molar-refractivity contribution in [3.05, 3.63) is 46.8 Å². The summed E-state index contributed by atoms with van der Waals surface area (Å²) in [6, 6.07) is 6.76. The number of carbonyl (C=O) groups excluding carboxylic acids is 2. The van der Waals surface area contributed by atoms with Crippen molar-refractivity contribution in [2.24, 2.45) is 0 Å². The molecule has 1 amide bonds. The third kappa shape index (κ3) is 3.76. The van der Waals surface area contributed by atoms with Crippen LogP contribution in [0.25, 0.3) is 0 Å². The van der Waals surface area contributed by atoms with Crippen LogP contribution < -0.4 is 5.32 Å². The zero-order chi connectivity index (χ0) is 17.9. The summed E-state index contributed by atoms with van der Waals surface area (Å²) in [5.74, 6) is -0.656. The molecule has 0 aliphatic carbocycles. The van der Waals surface area contributed by atoms with E-state index in [9.17, 15) is 14.7 Å². The van der Waals surface area contributed by atoms with Crippen molar-refractivity contribution >= 4 is 17.6 Å². The molecule has 2 N–H and O–H groups in total. The largest absolute Gasteiger partial charge is 0.506 e. The first kappa shape index (κ1) is 17.6. The fraction of sp³-hybridized carbons (Fsp3) is 0.333. The third-order valence-corrected chi connectivity index (χ3v) is 3.80. The summed E-state index contributed by atoms with van der Waals surface area (Å²) in [6.45, 7) is 7.55. The Morgan fingerprint density at radius 1 is 1.21 bits per heavy atom. The predicted molar refractivity (Wildman–Crippen MR) is 91.3 cm³/mol. The number of aromatic hydroxyl groups is 1. The lowest BCUT2D eigenvalue weighted by atomic mass is 10.2. The number of ether oxygens (including phenoxy) is 1. The van der Waals surface area contributed by atoms with Gasteiger partial charge in [-0.2, -0.15) is 0 Å². The first-order valence-electron chi connectivity index (χ1n) is 7.76. The molecular formula is C18H22N2O4. The molecule has 0 radical (unpaired) electrons. The summed E-state index contributed by atoms with van der Waals surface area (Å²) >= 11 is 0. The van der Waals surface area contributed by atoms with Crippen LogP contribution in [0.2, 0.25) is 0 Å². The molecule has 0 atom stereocenters. The molecule has 24 heavy (non-hydrogen) atoms. The second-order valence-electron chi connectivity index (χ2n) is 5.66. The lowest BCUT2D eigenvalue weighted by Gasteiger charge is -2.11. The van der Waals surface area contributed by atoms with Gasteiger partial charge in [0.25, 0.3) is 0 Å². The van der Waals surface area contributed by atoms with Crippen LogP contribution in [0.4, 0.5) is 5.69 Å². The van der Waals surface area contributed by atoms with Gasteiger partial charge < -0.3 is 19.7 Å². The van der Waals surface area contributed by atoms with Gasteiger partial charge in [0.2, 0.25) is 5.91 Å². The number of benzene rings is 1. The van der Waals surface area contributed by atoms with E-state index in [1.54, 1.807) is 42.7 Å². The Kier molecular flexibility index (Phi) is 5.28. The van der Waals surface area contributed by atoms with Crippen molar-refractivity contribution in [3.8, 4) is 5.75 Å². The number of nitrogens with zero attached hydrogens (tertiary/aromatic N) is 1. The van der Waals surface area contributed by atoms with Gasteiger partial charge in [0.1, 0.15) is 12.3 Å². The molecule has 0 saturated heterocycles. The molecule has 1 heterocycles. The third-order valence-electron chi connectivity index (χ3n) is 3.80. The first-order chi connectivity index (χ1) is 11.3. The molecule has 0 aliphatic rings. The average molecular weight is 330 g/mol. The summed E-state index contributed by atoms with van der Waals surface area (Å²) < 4.78 is 6.76. The number of anilines is 1. The lowest BCUT2D eigenvalue weighted by molar-refractivity contribution is -0.116. The minimum Gasteiger partial charge on any atom is -0.506 e. The molecule has 6 heteroatoms. The molecular weight excluding hydrogens is 308 g/mol. The highest BCUT2D eigenvalue weighted by atomic mass is 16.5. The van der Waals surface area contributed by atoms with Crippen molar-refractivity contribution < 1.29 is 19.4 Å². The van der Waals surface area contributed by atoms with Crippen LogP contribution in [0.3, 0.4) is 0 Å². The standard InChI is InChI=1S/C18H22N2O4/c1-5-24-18(23)14-9-12(3)20(13(14)4)10-17(22)19-15-7-6-11(2)8-16(15)21/h6-9,21H,5,10H2,1-4H3,(H,19,22). The summed E-state index contributed by atoms with van der Waals surface area (Å²) in [7, 11) is 0. The van der Waals surface area contributed by atoms with E-state index in [-0.39, 0.29) is 18.2 Å². The van der Waals surface area contributed by atoms with E-state index in [0.29, 0.717) is 23.6 Å². The predicted octanol–water partition coefficient (Wildman–Crippen LogP) is 2.93. The zero-order valence-electron chi connectivity index (χ0n) is 14.3. The molecule has 0 aliphatic heterocycles. The van der Waals surface area contributed by atoms with E-state index in [1.807, 2.05) is 13.8 Å². The van der Waals surface area contributed by atoms with E-state index in [2.05, 4.69) is 5.32 Å². The first-order valence-corrected chi connectivity index (χ1v) is 7.76. The highest BCUT2D eigenvalue weighted by molar-refractivity contribution is 5.93. The van der Waals surface area contributed by atoms with Crippen LogP contribution in [-0.2, 0) is 16.1 Å². The summed E-state index contributed by atoms with van der Waals surface area (Å²) in [6.07, 6.45) is 0. The quantitative estimate of drug-likeness (QED) is 0.652. The number of amides is 1. The average Bonchev–Trinajstić information content (AvgIpc) is 2.78. The maximum atomic E-state index is 12.3. The van der Waals surface area contributed by atoms with Gasteiger partial charge in [-0.1, -0.05) is 6.07 Å². The van der Waals surface area contributed by atoms with Gasteiger partial charge in [-0.05, 0) is 51.5 Å². The number of phenolic OH excluding ortho intramolecular Hbond substituents is 1. The molecule has 2 aromatic rings. The van der Waals surface area contributed by atoms with Crippen molar-refractivity contribution in [1.29, 1.82) is 0 Å². The molecule has 0 unspecified atom stereocenters. The summed E-state index contributed by atoms with van der Waals surface area (Å²) in [4.78, 5) is 24.2. The van der Waals surface area contributed by atoms with Gasteiger partial charge in [-0.25, -0.2) is 4.79 Å². The fourth-order valence-corrected chi connectivity index (χ4v) is 2.54. The fourth-order valence-electron chi connectivity index (χ4n) is 2.54. The Morgan fingerprint density at radius 2 is 1.92 bits per heavy atom. The SMILES string of the molecule is CCOC(=O)c1cc(C)n(CC(=O)Nc2ccc(C)cc2O)c1C. The number of rotatable bonds is 5. The summed E-state index contributed by atoms with van der Waals surface area (Å²) in [5.41, 5.74) is 3.19. The second-order valence-corrected chi connectivity index (χ2v) is 5.66. The molecule has 1 aromatic heterocycles. The van der Waals surface area contributed by atoms with E-state index < -0.39 is 5.97 Å². The topological polar surface area (TPSA) is 80.6 Å². The van der Waals surface area contributed by atoms with Crippen LogP contribution in [0.5, 0.6) is 5.75 Å². The van der Waals surface area contributed by atoms with Gasteiger partial charge >= 0.3 is 5.97 Å². The van der Waals surface area contributed by atoms with Gasteiger partial charge in [-0.15, -0.1) is 0 Å². The van der Waals surface area contributed by atoms with E-state index in [4.69, 9.17) is 4.74 Å². The van der Waals surface area contributed by atoms with Gasteiger partial charge in [0.05, 0.1) is 17.9 Å². The smallest absolute Gasteiger partial charge is 0.339 e. The molecule has 1 aromatic carbocycles. The van der Waals surface area contributed by atoms with E-state index in [0.717, 1.165) is 11.3 Å². The van der Waals surface area contributed by atoms with Crippen molar-refractivity contribution in [2.75, 3.05) is 11.9 Å². The minimum absolute atomic E-state index is 0.0245. The molecule has 2 rings (SSSR count). The Balaban J connectivity index is 2.16. The number of nitrogens with one attached hydrogen (secondary N) is 1. The highest BCUT2D eigenvalue weighted by Gasteiger charge is 2.18. The number of hydrogen-bond acceptors (Lipinski definition) is 4. The molecule has 128 valence electrons. The van der Waals surface area contributed by atoms with Gasteiger partial charge in [0, 0.05) is 11.4 Å². The number of hydrogen-bond donors (Lipinski definition) is 2. The number of esters is 1. The Bertz CT molecular complexity index is 778. The number of phenols is 1. The molecule has 6 nitrogen and oxygen atoms in total. The zero-order valence-corrected chi connectivity index (χ0v) is 14.3.